The molecule has 1 aromatic rings. The quantitative estimate of drug-likeness (QED) is 0.838. The number of hydrogen-bond donors (Lipinski definition) is 2. The molecule has 0 bridgehead atoms. The number of amides is 2. The van der Waals surface area contributed by atoms with Crippen molar-refractivity contribution < 1.29 is 9.59 Å². The molecule has 0 unspecified atom stereocenters. The van der Waals surface area contributed by atoms with E-state index in [1.807, 2.05) is 13.0 Å². The van der Waals surface area contributed by atoms with Crippen LogP contribution >= 0.6 is 11.3 Å². The third-order valence-corrected chi connectivity index (χ3v) is 5.03. The van der Waals surface area contributed by atoms with Crippen LogP contribution in [-0.4, -0.2) is 11.8 Å². The Morgan fingerprint density at radius 3 is 2.67 bits per heavy atom. The maximum absolute atomic E-state index is 12.1. The first-order valence-corrected chi connectivity index (χ1v) is 8.73. The van der Waals surface area contributed by atoms with Gasteiger partial charge in [-0.1, -0.05) is 26.2 Å². The minimum Gasteiger partial charge on any atom is -0.273 e. The summed E-state index contributed by atoms with van der Waals surface area (Å²) in [6.07, 6.45) is 9.40. The second-order valence-electron chi connectivity index (χ2n) is 5.58. The molecule has 1 heterocycles. The highest BCUT2D eigenvalue weighted by atomic mass is 32.1. The van der Waals surface area contributed by atoms with Crippen molar-refractivity contribution >= 4 is 23.2 Å². The monoisotopic (exact) mass is 308 g/mol. The van der Waals surface area contributed by atoms with Crippen LogP contribution in [0.15, 0.2) is 6.07 Å². The largest absolute Gasteiger partial charge is 0.279 e. The Hall–Kier alpha value is -1.36. The molecule has 4 nitrogen and oxygen atoms in total. The second kappa shape index (κ2) is 8.17. The van der Waals surface area contributed by atoms with Gasteiger partial charge in [0.15, 0.2) is 0 Å². The van der Waals surface area contributed by atoms with E-state index in [-0.39, 0.29) is 11.8 Å². The first kappa shape index (κ1) is 16.0. The van der Waals surface area contributed by atoms with E-state index < -0.39 is 0 Å². The Morgan fingerprint density at radius 1 is 1.14 bits per heavy atom. The van der Waals surface area contributed by atoms with Crippen LogP contribution in [0.3, 0.4) is 0 Å². The molecule has 1 aliphatic rings. The SMILES string of the molecule is CCCCC(=O)NNC(=O)c1cc2c(s1)CCCCCC2. The molecular weight excluding hydrogens is 284 g/mol. The van der Waals surface area contributed by atoms with Gasteiger partial charge in [0, 0.05) is 11.3 Å². The van der Waals surface area contributed by atoms with Gasteiger partial charge in [-0.3, -0.25) is 20.4 Å². The zero-order valence-corrected chi connectivity index (χ0v) is 13.5. The summed E-state index contributed by atoms with van der Waals surface area (Å²) < 4.78 is 0. The van der Waals surface area contributed by atoms with Gasteiger partial charge < -0.3 is 0 Å². The summed E-state index contributed by atoms with van der Waals surface area (Å²) in [4.78, 5) is 25.6. The molecule has 0 saturated heterocycles. The third kappa shape index (κ3) is 4.84. The Morgan fingerprint density at radius 2 is 1.90 bits per heavy atom. The van der Waals surface area contributed by atoms with Crippen molar-refractivity contribution in [3.05, 3.63) is 21.4 Å². The summed E-state index contributed by atoms with van der Waals surface area (Å²) in [7, 11) is 0. The van der Waals surface area contributed by atoms with Crippen LogP contribution in [-0.2, 0) is 17.6 Å². The summed E-state index contributed by atoms with van der Waals surface area (Å²) in [5.74, 6) is -0.322. The van der Waals surface area contributed by atoms with Crippen molar-refractivity contribution in [2.45, 2.75) is 64.7 Å². The third-order valence-electron chi connectivity index (χ3n) is 3.79. The van der Waals surface area contributed by atoms with Crippen LogP contribution in [0.5, 0.6) is 0 Å². The number of nitrogens with one attached hydrogen (secondary N) is 2. The van der Waals surface area contributed by atoms with Gasteiger partial charge in [0.1, 0.15) is 0 Å². The molecule has 0 saturated carbocycles. The van der Waals surface area contributed by atoms with E-state index in [2.05, 4.69) is 10.9 Å². The number of carbonyl (C=O) groups is 2. The maximum atomic E-state index is 12.1. The molecule has 2 rings (SSSR count). The van der Waals surface area contributed by atoms with E-state index in [9.17, 15) is 9.59 Å². The van der Waals surface area contributed by atoms with Crippen molar-refractivity contribution in [2.75, 3.05) is 0 Å². The fraction of sp³-hybridized carbons (Fsp3) is 0.625. The number of unbranched alkanes of at least 4 members (excludes halogenated alkanes) is 1. The minimum absolute atomic E-state index is 0.125. The van der Waals surface area contributed by atoms with Crippen molar-refractivity contribution in [1.29, 1.82) is 0 Å². The summed E-state index contributed by atoms with van der Waals surface area (Å²) >= 11 is 1.57. The lowest BCUT2D eigenvalue weighted by molar-refractivity contribution is -0.121. The fourth-order valence-corrected chi connectivity index (χ4v) is 3.69. The normalized spacial score (nSPS) is 14.7. The van der Waals surface area contributed by atoms with Gasteiger partial charge in [-0.15, -0.1) is 11.3 Å². The molecule has 1 aliphatic carbocycles. The number of fused-ring (bicyclic) bond motifs is 1. The Labute approximate surface area is 130 Å². The summed E-state index contributed by atoms with van der Waals surface area (Å²) in [5.41, 5.74) is 6.33. The number of hydrazine groups is 1. The lowest BCUT2D eigenvalue weighted by Crippen LogP contribution is -2.41. The van der Waals surface area contributed by atoms with Crippen LogP contribution in [0.25, 0.3) is 0 Å². The molecule has 0 aliphatic heterocycles. The van der Waals surface area contributed by atoms with Crippen LogP contribution in [0, 0.1) is 0 Å². The molecule has 116 valence electrons. The Bertz CT molecular complexity index is 471. The average Bonchev–Trinajstić information content (AvgIpc) is 2.85. The number of thiophene rings is 1. The summed E-state index contributed by atoms with van der Waals surface area (Å²) in [5, 5.41) is 0. The predicted octanol–water partition coefficient (Wildman–Crippen LogP) is 3.36. The van der Waals surface area contributed by atoms with Crippen LogP contribution < -0.4 is 10.9 Å². The lowest BCUT2D eigenvalue weighted by atomic mass is 10.00. The van der Waals surface area contributed by atoms with E-state index in [1.54, 1.807) is 11.3 Å². The van der Waals surface area contributed by atoms with Gasteiger partial charge >= 0.3 is 0 Å². The molecule has 0 fully saturated rings. The molecule has 0 aromatic carbocycles. The minimum atomic E-state index is -0.198. The van der Waals surface area contributed by atoms with E-state index in [0.717, 1.165) is 25.7 Å². The maximum Gasteiger partial charge on any atom is 0.279 e. The number of hydrogen-bond acceptors (Lipinski definition) is 3. The van der Waals surface area contributed by atoms with Crippen molar-refractivity contribution in [2.24, 2.45) is 0 Å². The van der Waals surface area contributed by atoms with Crippen molar-refractivity contribution in [3.63, 3.8) is 0 Å². The van der Waals surface area contributed by atoms with Crippen molar-refractivity contribution in [3.8, 4) is 0 Å². The highest BCUT2D eigenvalue weighted by molar-refractivity contribution is 7.14. The van der Waals surface area contributed by atoms with Gasteiger partial charge in [-0.25, -0.2) is 0 Å². The van der Waals surface area contributed by atoms with E-state index in [0.29, 0.717) is 11.3 Å². The topological polar surface area (TPSA) is 58.2 Å². The van der Waals surface area contributed by atoms with Crippen LogP contribution in [0.4, 0.5) is 0 Å². The molecule has 2 amide bonds. The highest BCUT2D eigenvalue weighted by Gasteiger charge is 2.16. The summed E-state index contributed by atoms with van der Waals surface area (Å²) in [6.45, 7) is 2.03. The first-order chi connectivity index (χ1) is 10.2. The Kier molecular flexibility index (Phi) is 6.23. The van der Waals surface area contributed by atoms with Crippen LogP contribution in [0.1, 0.15) is 72.0 Å². The van der Waals surface area contributed by atoms with Gasteiger partial charge in [0.25, 0.3) is 5.91 Å². The summed E-state index contributed by atoms with van der Waals surface area (Å²) in [6, 6.07) is 2.00. The van der Waals surface area contributed by atoms with E-state index in [1.165, 1.54) is 36.1 Å². The van der Waals surface area contributed by atoms with Crippen molar-refractivity contribution in [1.82, 2.24) is 10.9 Å². The average molecular weight is 308 g/mol. The smallest absolute Gasteiger partial charge is 0.273 e. The molecular formula is C16H24N2O2S. The number of carbonyl (C=O) groups excluding carboxylic acids is 2. The highest BCUT2D eigenvalue weighted by Crippen LogP contribution is 2.28. The Balaban J connectivity index is 1.90. The molecule has 2 N–H and O–H groups in total. The zero-order valence-electron chi connectivity index (χ0n) is 12.7. The molecule has 0 atom stereocenters. The fourth-order valence-electron chi connectivity index (χ4n) is 2.54. The zero-order chi connectivity index (χ0) is 15.1. The van der Waals surface area contributed by atoms with Gasteiger partial charge in [-0.05, 0) is 43.7 Å². The predicted molar refractivity (Wildman–Crippen MR) is 85.3 cm³/mol. The molecule has 0 spiro atoms. The molecule has 21 heavy (non-hydrogen) atoms. The second-order valence-corrected chi connectivity index (χ2v) is 6.72. The van der Waals surface area contributed by atoms with Gasteiger partial charge in [0.05, 0.1) is 4.88 Å². The van der Waals surface area contributed by atoms with Gasteiger partial charge in [0.2, 0.25) is 5.91 Å². The lowest BCUT2D eigenvalue weighted by Gasteiger charge is -2.07. The number of rotatable bonds is 4. The van der Waals surface area contributed by atoms with E-state index in [4.69, 9.17) is 0 Å². The van der Waals surface area contributed by atoms with E-state index >= 15 is 0 Å². The first-order valence-electron chi connectivity index (χ1n) is 7.91. The molecule has 0 radical (unpaired) electrons. The molecule has 1 aromatic heterocycles. The van der Waals surface area contributed by atoms with Crippen LogP contribution in [0.2, 0.25) is 0 Å². The standard InChI is InChI=1S/C16H24N2O2S/c1-2-3-10-15(19)17-18-16(20)14-11-12-8-6-4-5-7-9-13(12)21-14/h11H,2-10H2,1H3,(H,17,19)(H,18,20). The van der Waals surface area contributed by atoms with Gasteiger partial charge in [-0.2, -0.15) is 0 Å². The molecule has 5 heteroatoms. The number of aryl methyl sites for hydroxylation is 2.